The fourth-order valence-corrected chi connectivity index (χ4v) is 3.09. The van der Waals surface area contributed by atoms with Crippen molar-refractivity contribution in [2.24, 2.45) is 0 Å². The van der Waals surface area contributed by atoms with Crippen molar-refractivity contribution in [2.75, 3.05) is 7.11 Å². The number of hydrogen-bond donors (Lipinski definition) is 2. The van der Waals surface area contributed by atoms with Crippen LogP contribution in [0.25, 0.3) is 17.0 Å². The summed E-state index contributed by atoms with van der Waals surface area (Å²) < 4.78 is 11.0. The third-order valence-corrected chi connectivity index (χ3v) is 4.50. The molecule has 0 aliphatic carbocycles. The topological polar surface area (TPSA) is 107 Å². The van der Waals surface area contributed by atoms with Crippen LogP contribution in [-0.4, -0.2) is 34.9 Å². The number of hydrogen-bond acceptors (Lipinski definition) is 5. The van der Waals surface area contributed by atoms with Gasteiger partial charge < -0.3 is 14.6 Å². The number of fused-ring (bicyclic) bond motifs is 1. The SMILES string of the molecule is COC(=O)/C(=C/c1c(C)n(C(=O)O)c2ccccc12)NC(=O)OCc1ccccc1. The highest BCUT2D eigenvalue weighted by molar-refractivity contribution is 6.02. The summed E-state index contributed by atoms with van der Waals surface area (Å²) in [6.45, 7) is 1.64. The average molecular weight is 408 g/mol. The lowest BCUT2D eigenvalue weighted by molar-refractivity contribution is -0.136. The lowest BCUT2D eigenvalue weighted by atomic mass is 10.1. The van der Waals surface area contributed by atoms with Crippen LogP contribution in [-0.2, 0) is 20.9 Å². The zero-order chi connectivity index (χ0) is 21.7. The van der Waals surface area contributed by atoms with E-state index >= 15 is 0 Å². The minimum Gasteiger partial charge on any atom is -0.464 e. The highest BCUT2D eigenvalue weighted by atomic mass is 16.6. The van der Waals surface area contributed by atoms with Gasteiger partial charge in [0, 0.05) is 16.6 Å². The molecule has 3 aromatic rings. The summed E-state index contributed by atoms with van der Waals surface area (Å²) in [5.41, 5.74) is 1.94. The van der Waals surface area contributed by atoms with Crippen LogP contribution in [0, 0.1) is 6.92 Å². The highest BCUT2D eigenvalue weighted by Gasteiger charge is 2.20. The van der Waals surface area contributed by atoms with Gasteiger partial charge in [-0.25, -0.2) is 19.0 Å². The smallest absolute Gasteiger partial charge is 0.416 e. The van der Waals surface area contributed by atoms with Gasteiger partial charge in [-0.15, -0.1) is 0 Å². The molecule has 0 unspecified atom stereocenters. The summed E-state index contributed by atoms with van der Waals surface area (Å²) in [6.07, 6.45) is -0.611. The summed E-state index contributed by atoms with van der Waals surface area (Å²) in [5, 5.41) is 12.5. The number of esters is 1. The predicted molar refractivity (Wildman–Crippen MR) is 110 cm³/mol. The molecule has 0 aliphatic heterocycles. The van der Waals surface area contributed by atoms with E-state index in [1.54, 1.807) is 43.3 Å². The third kappa shape index (κ3) is 4.33. The van der Waals surface area contributed by atoms with Gasteiger partial charge in [-0.1, -0.05) is 48.5 Å². The van der Waals surface area contributed by atoms with Crippen LogP contribution in [0.15, 0.2) is 60.3 Å². The lowest BCUT2D eigenvalue weighted by Crippen LogP contribution is -2.28. The second-order valence-electron chi connectivity index (χ2n) is 6.37. The number of nitrogens with one attached hydrogen (secondary N) is 1. The van der Waals surface area contributed by atoms with Gasteiger partial charge in [0.2, 0.25) is 0 Å². The van der Waals surface area contributed by atoms with E-state index in [1.165, 1.54) is 13.2 Å². The second kappa shape index (κ2) is 8.95. The van der Waals surface area contributed by atoms with Crippen LogP contribution in [0.1, 0.15) is 16.8 Å². The number of aromatic nitrogens is 1. The standard InChI is InChI=1S/C22H20N2O6/c1-14-17(16-10-6-7-11-19(16)24(14)22(27)28)12-18(20(25)29-2)23-21(26)30-13-15-8-4-3-5-9-15/h3-12H,13H2,1-2H3,(H,23,26)(H,27,28)/b18-12-. The first kappa shape index (κ1) is 20.7. The Bertz CT molecular complexity index is 1130. The van der Waals surface area contributed by atoms with E-state index in [-0.39, 0.29) is 12.3 Å². The molecule has 2 N–H and O–H groups in total. The zero-order valence-electron chi connectivity index (χ0n) is 16.4. The monoisotopic (exact) mass is 408 g/mol. The highest BCUT2D eigenvalue weighted by Crippen LogP contribution is 2.27. The van der Waals surface area contributed by atoms with Crippen molar-refractivity contribution in [2.45, 2.75) is 13.5 Å². The van der Waals surface area contributed by atoms with Gasteiger partial charge in [0.05, 0.1) is 12.6 Å². The predicted octanol–water partition coefficient (Wildman–Crippen LogP) is 3.92. The van der Waals surface area contributed by atoms with Crippen molar-refractivity contribution in [3.63, 3.8) is 0 Å². The molecule has 1 aromatic heterocycles. The number of para-hydroxylation sites is 1. The van der Waals surface area contributed by atoms with E-state index in [0.717, 1.165) is 10.1 Å². The molecule has 0 saturated carbocycles. The largest absolute Gasteiger partial charge is 0.464 e. The third-order valence-electron chi connectivity index (χ3n) is 4.50. The van der Waals surface area contributed by atoms with Crippen molar-refractivity contribution >= 4 is 35.1 Å². The van der Waals surface area contributed by atoms with E-state index in [4.69, 9.17) is 9.47 Å². The number of benzene rings is 2. The van der Waals surface area contributed by atoms with Crippen LogP contribution in [0.2, 0.25) is 0 Å². The Hall–Kier alpha value is -4.07. The van der Waals surface area contributed by atoms with E-state index in [1.807, 2.05) is 18.2 Å². The minimum atomic E-state index is -1.15. The lowest BCUT2D eigenvalue weighted by Gasteiger charge is -2.09. The van der Waals surface area contributed by atoms with Crippen LogP contribution in [0.3, 0.4) is 0 Å². The molecule has 0 fully saturated rings. The number of carbonyl (C=O) groups excluding carboxylic acids is 2. The summed E-state index contributed by atoms with van der Waals surface area (Å²) in [7, 11) is 1.18. The first-order valence-corrected chi connectivity index (χ1v) is 9.03. The number of rotatable bonds is 5. The molecule has 30 heavy (non-hydrogen) atoms. The fraction of sp³-hybridized carbons (Fsp3) is 0.136. The van der Waals surface area contributed by atoms with Crippen LogP contribution in [0.5, 0.6) is 0 Å². The first-order valence-electron chi connectivity index (χ1n) is 9.03. The molecule has 0 aliphatic rings. The Morgan fingerprint density at radius 3 is 2.40 bits per heavy atom. The van der Waals surface area contributed by atoms with Gasteiger partial charge in [-0.3, -0.25) is 5.32 Å². The molecule has 8 heteroatoms. The second-order valence-corrected chi connectivity index (χ2v) is 6.37. The number of carbonyl (C=O) groups is 3. The molecule has 154 valence electrons. The normalized spacial score (nSPS) is 11.2. The molecular weight excluding hydrogens is 388 g/mol. The number of carboxylic acid groups (broad SMARTS) is 1. The maximum absolute atomic E-state index is 12.2. The molecule has 1 heterocycles. The quantitative estimate of drug-likeness (QED) is 0.490. The fourth-order valence-electron chi connectivity index (χ4n) is 3.09. The van der Waals surface area contributed by atoms with Crippen LogP contribution >= 0.6 is 0 Å². The number of nitrogens with zero attached hydrogens (tertiary/aromatic N) is 1. The van der Waals surface area contributed by atoms with Crippen molar-refractivity contribution in [1.29, 1.82) is 0 Å². The van der Waals surface area contributed by atoms with Gasteiger partial charge >= 0.3 is 18.2 Å². The van der Waals surface area contributed by atoms with Gasteiger partial charge in [0.1, 0.15) is 12.3 Å². The van der Waals surface area contributed by atoms with E-state index in [9.17, 15) is 19.5 Å². The van der Waals surface area contributed by atoms with E-state index < -0.39 is 18.2 Å². The molecule has 0 atom stereocenters. The summed E-state index contributed by atoms with van der Waals surface area (Å²) in [6, 6.07) is 15.9. The van der Waals surface area contributed by atoms with E-state index in [2.05, 4.69) is 5.32 Å². The number of amides is 1. The van der Waals surface area contributed by atoms with Gasteiger partial charge in [-0.05, 0) is 24.6 Å². The Balaban J connectivity index is 1.93. The molecule has 2 aromatic carbocycles. The maximum atomic E-state index is 12.2. The maximum Gasteiger partial charge on any atom is 0.416 e. The Morgan fingerprint density at radius 2 is 1.73 bits per heavy atom. The average Bonchev–Trinajstić information content (AvgIpc) is 3.03. The Labute approximate surface area is 172 Å². The first-order chi connectivity index (χ1) is 14.4. The van der Waals surface area contributed by atoms with Gasteiger partial charge in [0.25, 0.3) is 0 Å². The minimum absolute atomic E-state index is 0.0263. The van der Waals surface area contributed by atoms with Crippen LogP contribution in [0.4, 0.5) is 9.59 Å². The zero-order valence-corrected chi connectivity index (χ0v) is 16.4. The molecular formula is C22H20N2O6. The van der Waals surface area contributed by atoms with Gasteiger partial charge in [0.15, 0.2) is 0 Å². The Kier molecular flexibility index (Phi) is 6.17. The summed E-state index contributed by atoms with van der Waals surface area (Å²) >= 11 is 0. The van der Waals surface area contributed by atoms with Crippen LogP contribution < -0.4 is 5.32 Å². The van der Waals surface area contributed by atoms with E-state index in [0.29, 0.717) is 22.2 Å². The van der Waals surface area contributed by atoms with Gasteiger partial charge in [-0.2, -0.15) is 0 Å². The molecule has 3 rings (SSSR count). The number of ether oxygens (including phenoxy) is 2. The molecule has 1 amide bonds. The van der Waals surface area contributed by atoms with Crippen molar-refractivity contribution in [3.8, 4) is 0 Å². The van der Waals surface area contributed by atoms with Crippen molar-refractivity contribution < 1.29 is 29.0 Å². The Morgan fingerprint density at radius 1 is 1.07 bits per heavy atom. The summed E-state index contributed by atoms with van der Waals surface area (Å²) in [4.78, 5) is 36.1. The molecule has 8 nitrogen and oxygen atoms in total. The molecule has 0 radical (unpaired) electrons. The number of methoxy groups -OCH3 is 1. The molecule has 0 bridgehead atoms. The molecule has 0 spiro atoms. The summed E-state index contributed by atoms with van der Waals surface area (Å²) in [5.74, 6) is -0.793. The molecule has 0 saturated heterocycles. The van der Waals surface area contributed by atoms with Crippen molar-refractivity contribution in [3.05, 3.63) is 77.1 Å². The number of alkyl carbamates (subject to hydrolysis) is 1. The van der Waals surface area contributed by atoms with Crippen molar-refractivity contribution in [1.82, 2.24) is 9.88 Å².